The third-order valence-corrected chi connectivity index (χ3v) is 7.88. The van der Waals surface area contributed by atoms with Crippen molar-refractivity contribution in [3.05, 3.63) is 57.9 Å². The van der Waals surface area contributed by atoms with Gasteiger partial charge in [-0.05, 0) is 32.9 Å². The number of amides is 1. The largest absolute Gasteiger partial charge is 0.419 e. The van der Waals surface area contributed by atoms with Gasteiger partial charge in [-0.1, -0.05) is 0 Å². The number of pyridine rings is 1. The number of thiazole rings is 2. The van der Waals surface area contributed by atoms with Crippen molar-refractivity contribution in [3.8, 4) is 10.6 Å². The monoisotopic (exact) mass is 562 g/mol. The summed E-state index contributed by atoms with van der Waals surface area (Å²) in [5.41, 5.74) is 1.36. The molecule has 5 rings (SSSR count). The van der Waals surface area contributed by atoms with Gasteiger partial charge in [0.25, 0.3) is 5.91 Å². The molecule has 200 valence electrons. The second-order valence-corrected chi connectivity index (χ2v) is 10.9. The molecule has 0 bridgehead atoms. The van der Waals surface area contributed by atoms with Crippen LogP contribution in [-0.4, -0.2) is 61.4 Å². The molecule has 1 aliphatic rings. The summed E-state index contributed by atoms with van der Waals surface area (Å²) in [6, 6.07) is 3.24. The zero-order chi connectivity index (χ0) is 27.0. The van der Waals surface area contributed by atoms with Crippen LogP contribution in [-0.2, 0) is 6.18 Å². The van der Waals surface area contributed by atoms with Gasteiger partial charge in [0.2, 0.25) is 5.95 Å². The maximum absolute atomic E-state index is 13.1. The first kappa shape index (κ1) is 26.0. The SMILES string of the molecule is Cc1nc(C)c(-c2csc(Nc3ccc(C(=O)N4CCN(c5ncc(C(F)(F)F)cn5)C[C@H]4C)cn3)n2)s1.[HH]. The van der Waals surface area contributed by atoms with Crippen molar-refractivity contribution in [2.45, 2.75) is 33.0 Å². The fourth-order valence-electron chi connectivity index (χ4n) is 4.15. The zero-order valence-corrected chi connectivity index (χ0v) is 22.3. The van der Waals surface area contributed by atoms with Gasteiger partial charge in [0.15, 0.2) is 5.13 Å². The summed E-state index contributed by atoms with van der Waals surface area (Å²) in [5.74, 6) is 0.606. The van der Waals surface area contributed by atoms with Crippen LogP contribution in [0.15, 0.2) is 36.1 Å². The third-order valence-electron chi connectivity index (χ3n) is 6.02. The molecule has 0 unspecified atom stereocenters. The van der Waals surface area contributed by atoms with Gasteiger partial charge in [-0.15, -0.1) is 22.7 Å². The summed E-state index contributed by atoms with van der Waals surface area (Å²) in [6.45, 7) is 6.99. The smallest absolute Gasteiger partial charge is 0.337 e. The molecule has 0 aromatic carbocycles. The number of carbonyl (C=O) groups is 1. The summed E-state index contributed by atoms with van der Waals surface area (Å²) in [7, 11) is 0. The molecule has 0 spiro atoms. The lowest BCUT2D eigenvalue weighted by Gasteiger charge is -2.39. The highest BCUT2D eigenvalue weighted by Gasteiger charge is 2.33. The van der Waals surface area contributed by atoms with Gasteiger partial charge in [-0.2, -0.15) is 13.2 Å². The van der Waals surface area contributed by atoms with Crippen molar-refractivity contribution < 1.29 is 19.4 Å². The van der Waals surface area contributed by atoms with E-state index in [2.05, 4.69) is 30.2 Å². The number of nitrogens with one attached hydrogen (secondary N) is 1. The molecule has 4 aromatic rings. The van der Waals surface area contributed by atoms with E-state index in [1.165, 1.54) is 17.5 Å². The summed E-state index contributed by atoms with van der Waals surface area (Å²) in [6.07, 6.45) is -1.41. The Morgan fingerprint density at radius 3 is 2.47 bits per heavy atom. The molecule has 14 heteroatoms. The van der Waals surface area contributed by atoms with Crippen molar-refractivity contribution in [2.24, 2.45) is 0 Å². The molecule has 9 nitrogen and oxygen atoms in total. The second kappa shape index (κ2) is 10.3. The zero-order valence-electron chi connectivity index (χ0n) is 20.7. The molecule has 0 aliphatic carbocycles. The minimum Gasteiger partial charge on any atom is -0.337 e. The Morgan fingerprint density at radius 1 is 1.11 bits per heavy atom. The number of hydrogen-bond donors (Lipinski definition) is 1. The van der Waals surface area contributed by atoms with E-state index in [1.54, 1.807) is 33.3 Å². The lowest BCUT2D eigenvalue weighted by atomic mass is 10.1. The van der Waals surface area contributed by atoms with Gasteiger partial charge in [0.1, 0.15) is 5.82 Å². The van der Waals surface area contributed by atoms with Crippen molar-refractivity contribution >= 4 is 45.5 Å². The van der Waals surface area contributed by atoms with E-state index in [-0.39, 0.29) is 19.3 Å². The Kier molecular flexibility index (Phi) is 7.01. The van der Waals surface area contributed by atoms with Gasteiger partial charge in [0, 0.05) is 51.1 Å². The van der Waals surface area contributed by atoms with Crippen LogP contribution >= 0.6 is 22.7 Å². The lowest BCUT2D eigenvalue weighted by Crippen LogP contribution is -2.54. The number of carbonyl (C=O) groups excluding carboxylic acids is 1. The first-order valence-corrected chi connectivity index (χ1v) is 13.4. The summed E-state index contributed by atoms with van der Waals surface area (Å²) >= 11 is 3.06. The highest BCUT2D eigenvalue weighted by Crippen LogP contribution is 2.33. The molecular formula is C24H25F3N8OS2. The number of nitrogens with zero attached hydrogens (tertiary/aromatic N) is 7. The number of anilines is 3. The van der Waals surface area contributed by atoms with Gasteiger partial charge in [-0.25, -0.2) is 24.9 Å². The molecule has 0 saturated carbocycles. The second-order valence-electron chi connectivity index (χ2n) is 8.81. The predicted molar refractivity (Wildman–Crippen MR) is 142 cm³/mol. The van der Waals surface area contributed by atoms with Crippen molar-refractivity contribution in [1.29, 1.82) is 0 Å². The minimum atomic E-state index is -4.49. The van der Waals surface area contributed by atoms with Crippen molar-refractivity contribution in [1.82, 2.24) is 29.8 Å². The first-order chi connectivity index (χ1) is 18.1. The standard InChI is InChI=1S/C24H23F3N8OS2.H2/c1-13-11-34(22-29-9-17(10-30-22)24(25,26)27)6-7-35(13)21(36)16-4-5-19(28-8-16)33-23-32-18(12-37-23)20-14(2)31-15(3)38-20;/h4-5,8-10,12-13H,6-7,11H2,1-3H3,(H,28,32,33);1H/t13-;/m1./s1. The van der Waals surface area contributed by atoms with E-state index >= 15 is 0 Å². The highest BCUT2D eigenvalue weighted by atomic mass is 32.1. The van der Waals surface area contributed by atoms with Gasteiger partial charge in [-0.3, -0.25) is 4.79 Å². The Balaban J connectivity index is 0.00000353. The summed E-state index contributed by atoms with van der Waals surface area (Å²) in [4.78, 5) is 38.9. The van der Waals surface area contributed by atoms with E-state index in [4.69, 9.17) is 0 Å². The van der Waals surface area contributed by atoms with Gasteiger partial charge >= 0.3 is 6.18 Å². The van der Waals surface area contributed by atoms with Crippen molar-refractivity contribution in [3.63, 3.8) is 0 Å². The Labute approximate surface area is 225 Å². The topological polar surface area (TPSA) is 100 Å². The van der Waals surface area contributed by atoms with Crippen molar-refractivity contribution in [2.75, 3.05) is 29.9 Å². The van der Waals surface area contributed by atoms with Crippen LogP contribution in [0, 0.1) is 13.8 Å². The number of halogens is 3. The first-order valence-electron chi connectivity index (χ1n) is 11.7. The van der Waals surface area contributed by atoms with E-state index in [1.807, 2.05) is 26.2 Å². The number of hydrogen-bond acceptors (Lipinski definition) is 10. The van der Waals surface area contributed by atoms with Crippen LogP contribution in [0.25, 0.3) is 10.6 Å². The maximum Gasteiger partial charge on any atom is 0.419 e. The van der Waals surface area contributed by atoms with Gasteiger partial charge < -0.3 is 15.1 Å². The number of alkyl halides is 3. The van der Waals surface area contributed by atoms with E-state index in [9.17, 15) is 18.0 Å². The molecule has 1 amide bonds. The predicted octanol–water partition coefficient (Wildman–Crippen LogP) is 5.43. The van der Waals surface area contributed by atoms with E-state index in [0.29, 0.717) is 36.1 Å². The molecule has 1 aliphatic heterocycles. The molecule has 0 radical (unpaired) electrons. The minimum absolute atomic E-state index is 0. The molecule has 1 fully saturated rings. The molecule has 1 atom stereocenters. The van der Waals surface area contributed by atoms with Crippen LogP contribution in [0.4, 0.5) is 30.1 Å². The number of rotatable bonds is 5. The number of piperazine rings is 1. The quantitative estimate of drug-likeness (QED) is 0.344. The summed E-state index contributed by atoms with van der Waals surface area (Å²) in [5, 5.41) is 6.82. The fourth-order valence-corrected chi connectivity index (χ4v) is 5.81. The average molecular weight is 563 g/mol. The molecule has 4 aromatic heterocycles. The number of aromatic nitrogens is 5. The van der Waals surface area contributed by atoms with Crippen LogP contribution in [0.2, 0.25) is 0 Å². The van der Waals surface area contributed by atoms with E-state index in [0.717, 1.165) is 33.7 Å². The van der Waals surface area contributed by atoms with E-state index < -0.39 is 11.7 Å². The Hall–Kier alpha value is -3.65. The maximum atomic E-state index is 13.1. The van der Waals surface area contributed by atoms with Crippen LogP contribution in [0.3, 0.4) is 0 Å². The highest BCUT2D eigenvalue weighted by molar-refractivity contribution is 7.16. The average Bonchev–Trinajstić information content (AvgIpc) is 3.48. The van der Waals surface area contributed by atoms with Crippen LogP contribution in [0.5, 0.6) is 0 Å². The normalized spacial score (nSPS) is 16.1. The number of aryl methyl sites for hydroxylation is 2. The molecule has 38 heavy (non-hydrogen) atoms. The third kappa shape index (κ3) is 5.45. The van der Waals surface area contributed by atoms with Gasteiger partial charge in [0.05, 0.1) is 32.4 Å². The van der Waals surface area contributed by atoms with Crippen LogP contribution in [0.1, 0.15) is 35.0 Å². The Morgan fingerprint density at radius 2 is 1.87 bits per heavy atom. The fraction of sp³-hybridized carbons (Fsp3) is 0.333. The lowest BCUT2D eigenvalue weighted by molar-refractivity contribution is -0.138. The molecule has 5 heterocycles. The molecular weight excluding hydrogens is 537 g/mol. The van der Waals surface area contributed by atoms with Crippen LogP contribution < -0.4 is 10.2 Å². The molecule has 1 N–H and O–H groups in total. The summed E-state index contributed by atoms with van der Waals surface area (Å²) < 4.78 is 38.4. The Bertz CT molecular complexity index is 1440. The molecule has 1 saturated heterocycles.